The number of fused-ring (bicyclic) bond motifs is 1. The number of benzene rings is 1. The van der Waals surface area contributed by atoms with E-state index in [0.717, 1.165) is 17.3 Å². The number of aromatic nitrogens is 4. The van der Waals surface area contributed by atoms with Crippen molar-refractivity contribution < 1.29 is 18.0 Å². The van der Waals surface area contributed by atoms with E-state index in [0.29, 0.717) is 35.4 Å². The van der Waals surface area contributed by atoms with Crippen LogP contribution >= 0.6 is 0 Å². The van der Waals surface area contributed by atoms with Crippen molar-refractivity contribution in [1.82, 2.24) is 30.4 Å². The molecule has 0 aliphatic carbocycles. The van der Waals surface area contributed by atoms with Crippen LogP contribution in [0.5, 0.6) is 0 Å². The Labute approximate surface area is 199 Å². The number of likely N-dealkylation sites (N-methyl/N-ethyl adjacent to an activating group) is 1. The molecule has 1 aromatic carbocycles. The highest BCUT2D eigenvalue weighted by Crippen LogP contribution is 2.38. The predicted molar refractivity (Wildman–Crippen MR) is 125 cm³/mol. The molecule has 1 aliphatic rings. The zero-order chi connectivity index (χ0) is 24.7. The SMILES string of the molecule is Cc1cc(-c2[nH]nc3ncc(C(=O)N[C@@H]4CN(C)C[C@H]4c4ccccc4C(F)(F)F)cc23)ccn1. The van der Waals surface area contributed by atoms with Gasteiger partial charge in [0.05, 0.1) is 16.8 Å². The highest BCUT2D eigenvalue weighted by atomic mass is 19.4. The number of hydrogen-bond acceptors (Lipinski definition) is 5. The maximum atomic E-state index is 13.7. The fraction of sp³-hybridized carbons (Fsp3) is 0.280. The second kappa shape index (κ2) is 8.77. The maximum absolute atomic E-state index is 13.7. The number of H-pyrrole nitrogens is 1. The Balaban J connectivity index is 1.44. The van der Waals surface area contributed by atoms with Gasteiger partial charge in [0.2, 0.25) is 0 Å². The van der Waals surface area contributed by atoms with Crippen molar-refractivity contribution in [1.29, 1.82) is 0 Å². The molecule has 10 heteroatoms. The molecule has 35 heavy (non-hydrogen) atoms. The van der Waals surface area contributed by atoms with Gasteiger partial charge in [-0.25, -0.2) is 4.98 Å². The molecule has 1 aliphatic heterocycles. The first-order valence-electron chi connectivity index (χ1n) is 11.1. The summed E-state index contributed by atoms with van der Waals surface area (Å²) in [5.74, 6) is -0.894. The van der Waals surface area contributed by atoms with Crippen molar-refractivity contribution in [2.75, 3.05) is 20.1 Å². The number of halogens is 3. The molecule has 0 unspecified atom stereocenters. The third-order valence-electron chi connectivity index (χ3n) is 6.34. The number of carbonyl (C=O) groups is 1. The molecule has 180 valence electrons. The van der Waals surface area contributed by atoms with Crippen LogP contribution in [0.2, 0.25) is 0 Å². The fourth-order valence-electron chi connectivity index (χ4n) is 4.74. The van der Waals surface area contributed by atoms with Gasteiger partial charge in [-0.1, -0.05) is 18.2 Å². The molecule has 3 aromatic heterocycles. The summed E-state index contributed by atoms with van der Waals surface area (Å²) in [4.78, 5) is 23.6. The van der Waals surface area contributed by atoms with Crippen LogP contribution < -0.4 is 5.32 Å². The summed E-state index contributed by atoms with van der Waals surface area (Å²) < 4.78 is 41.0. The van der Waals surface area contributed by atoms with Gasteiger partial charge >= 0.3 is 6.18 Å². The van der Waals surface area contributed by atoms with Crippen LogP contribution in [0.1, 0.15) is 33.1 Å². The number of nitrogens with one attached hydrogen (secondary N) is 2. The van der Waals surface area contributed by atoms with Gasteiger partial charge in [-0.2, -0.15) is 18.3 Å². The zero-order valence-electron chi connectivity index (χ0n) is 19.1. The number of carbonyl (C=O) groups excluding carboxylic acids is 1. The van der Waals surface area contributed by atoms with E-state index < -0.39 is 29.6 Å². The minimum absolute atomic E-state index is 0.188. The second-order valence-corrected chi connectivity index (χ2v) is 8.87. The molecule has 2 N–H and O–H groups in total. The number of amides is 1. The Morgan fingerprint density at radius 3 is 2.71 bits per heavy atom. The van der Waals surface area contributed by atoms with Gasteiger partial charge in [0, 0.05) is 54.1 Å². The number of aromatic amines is 1. The van der Waals surface area contributed by atoms with Gasteiger partial charge in [-0.15, -0.1) is 0 Å². The van der Waals surface area contributed by atoms with Crippen molar-refractivity contribution in [3.05, 3.63) is 77.2 Å². The van der Waals surface area contributed by atoms with Crippen LogP contribution in [0, 0.1) is 6.92 Å². The van der Waals surface area contributed by atoms with Crippen molar-refractivity contribution in [3.8, 4) is 11.3 Å². The van der Waals surface area contributed by atoms with E-state index in [1.807, 2.05) is 31.0 Å². The number of aryl methyl sites for hydroxylation is 1. The maximum Gasteiger partial charge on any atom is 0.416 e. The number of rotatable bonds is 4. The first-order chi connectivity index (χ1) is 16.7. The van der Waals surface area contributed by atoms with Gasteiger partial charge in [0.1, 0.15) is 0 Å². The Morgan fingerprint density at radius 2 is 1.94 bits per heavy atom. The van der Waals surface area contributed by atoms with Crippen molar-refractivity contribution >= 4 is 16.9 Å². The van der Waals surface area contributed by atoms with E-state index in [2.05, 4.69) is 25.5 Å². The van der Waals surface area contributed by atoms with Gasteiger partial charge in [0.15, 0.2) is 5.65 Å². The van der Waals surface area contributed by atoms with Crippen molar-refractivity contribution in [2.24, 2.45) is 0 Å². The lowest BCUT2D eigenvalue weighted by Crippen LogP contribution is -2.40. The predicted octanol–water partition coefficient (Wildman–Crippen LogP) is 4.17. The molecular formula is C25H23F3N6O. The third kappa shape index (κ3) is 4.49. The smallest absolute Gasteiger partial charge is 0.347 e. The van der Waals surface area contributed by atoms with Crippen LogP contribution in [-0.4, -0.2) is 57.2 Å². The first kappa shape index (κ1) is 23.0. The number of alkyl halides is 3. The molecular weight excluding hydrogens is 457 g/mol. The van der Waals surface area contributed by atoms with Crippen LogP contribution in [0.3, 0.4) is 0 Å². The molecule has 7 nitrogen and oxygen atoms in total. The Bertz CT molecular complexity index is 1400. The lowest BCUT2D eigenvalue weighted by atomic mass is 9.90. The summed E-state index contributed by atoms with van der Waals surface area (Å²) in [6.07, 6.45) is -1.35. The molecule has 0 spiro atoms. The normalized spacial score (nSPS) is 18.8. The van der Waals surface area contributed by atoms with Crippen molar-refractivity contribution in [2.45, 2.75) is 25.1 Å². The van der Waals surface area contributed by atoms with E-state index >= 15 is 0 Å². The van der Waals surface area contributed by atoms with E-state index in [1.165, 1.54) is 18.3 Å². The molecule has 1 fully saturated rings. The standard InChI is InChI=1S/C25H23F3N6O/c1-14-9-15(7-8-29-14)22-18-10-16(11-30-23(18)33-32-22)24(35)31-21-13-34(2)12-19(21)17-5-3-4-6-20(17)25(26,27)28/h3-11,19,21H,12-13H2,1-2H3,(H,31,35)(H,30,32,33)/t19-,21+/m0/s1. The minimum Gasteiger partial charge on any atom is -0.347 e. The molecule has 0 bridgehead atoms. The summed E-state index contributed by atoms with van der Waals surface area (Å²) in [5.41, 5.74) is 2.70. The second-order valence-electron chi connectivity index (χ2n) is 8.87. The largest absolute Gasteiger partial charge is 0.416 e. The number of pyridine rings is 2. The summed E-state index contributed by atoms with van der Waals surface area (Å²) in [5, 5.41) is 10.8. The Hall–Kier alpha value is -3.79. The van der Waals surface area contributed by atoms with Gasteiger partial charge in [-0.05, 0) is 43.8 Å². The summed E-state index contributed by atoms with van der Waals surface area (Å²) in [6.45, 7) is 2.72. The number of hydrogen-bond donors (Lipinski definition) is 2. The van der Waals surface area contributed by atoms with E-state index in [1.54, 1.807) is 18.3 Å². The van der Waals surface area contributed by atoms with Crippen LogP contribution in [0.4, 0.5) is 13.2 Å². The average Bonchev–Trinajstić information content (AvgIpc) is 3.41. The van der Waals surface area contributed by atoms with Gasteiger partial charge in [0.25, 0.3) is 5.91 Å². The van der Waals surface area contributed by atoms with Crippen molar-refractivity contribution in [3.63, 3.8) is 0 Å². The first-order valence-corrected chi connectivity index (χ1v) is 11.1. The summed E-state index contributed by atoms with van der Waals surface area (Å²) in [7, 11) is 1.83. The fourth-order valence-corrected chi connectivity index (χ4v) is 4.74. The quantitative estimate of drug-likeness (QED) is 0.458. The van der Waals surface area contributed by atoms with Crippen LogP contribution in [-0.2, 0) is 6.18 Å². The molecule has 0 radical (unpaired) electrons. The highest BCUT2D eigenvalue weighted by Gasteiger charge is 2.40. The molecule has 4 aromatic rings. The number of nitrogens with zero attached hydrogens (tertiary/aromatic N) is 4. The van der Waals surface area contributed by atoms with E-state index in [4.69, 9.17) is 0 Å². The molecule has 0 saturated carbocycles. The third-order valence-corrected chi connectivity index (χ3v) is 6.34. The number of likely N-dealkylation sites (tertiary alicyclic amines) is 1. The summed E-state index contributed by atoms with van der Waals surface area (Å²) in [6, 6.07) is 10.5. The molecule has 5 rings (SSSR count). The average molecular weight is 480 g/mol. The van der Waals surface area contributed by atoms with Crippen LogP contribution in [0.25, 0.3) is 22.3 Å². The minimum atomic E-state index is -4.47. The van der Waals surface area contributed by atoms with Gasteiger partial charge < -0.3 is 10.2 Å². The Morgan fingerprint density at radius 1 is 1.14 bits per heavy atom. The summed E-state index contributed by atoms with van der Waals surface area (Å²) >= 11 is 0. The molecule has 4 heterocycles. The van der Waals surface area contributed by atoms with Crippen LogP contribution in [0.15, 0.2) is 54.9 Å². The lowest BCUT2D eigenvalue weighted by molar-refractivity contribution is -0.138. The molecule has 1 saturated heterocycles. The monoisotopic (exact) mass is 480 g/mol. The van der Waals surface area contributed by atoms with E-state index in [9.17, 15) is 18.0 Å². The molecule has 1 amide bonds. The van der Waals surface area contributed by atoms with E-state index in [-0.39, 0.29) is 5.56 Å². The zero-order valence-corrected chi connectivity index (χ0v) is 19.1. The topological polar surface area (TPSA) is 86.8 Å². The molecule has 2 atom stereocenters. The lowest BCUT2D eigenvalue weighted by Gasteiger charge is -2.23. The van der Waals surface area contributed by atoms with Gasteiger partial charge in [-0.3, -0.25) is 14.9 Å². The Kier molecular flexibility index (Phi) is 5.76. The highest BCUT2D eigenvalue weighted by molar-refractivity contribution is 6.00.